The van der Waals surface area contributed by atoms with Crippen LogP contribution < -0.4 is 5.32 Å². The minimum Gasteiger partial charge on any atom is -0.320 e. The van der Waals surface area contributed by atoms with Gasteiger partial charge in [-0.2, -0.15) is 0 Å². The maximum Gasteiger partial charge on any atom is -0.000473 e. The van der Waals surface area contributed by atoms with E-state index in [0.29, 0.717) is 0 Å². The Morgan fingerprint density at radius 3 is 2.33 bits per heavy atom. The zero-order valence-electron chi connectivity index (χ0n) is 6.12. The molecule has 0 fully saturated rings. The summed E-state index contributed by atoms with van der Waals surface area (Å²) in [6.45, 7) is 1.18. The molecule has 0 amide bonds. The van der Waals surface area contributed by atoms with Gasteiger partial charge in [0.25, 0.3) is 0 Å². The lowest BCUT2D eigenvalue weighted by atomic mass is 10.2. The molecule has 56 valence electrons. The molecule has 9 heavy (non-hydrogen) atoms. The number of halogens is 1. The van der Waals surface area contributed by atoms with E-state index >= 15 is 0 Å². The van der Waals surface area contributed by atoms with Gasteiger partial charge in [-0.15, -0.1) is 0 Å². The van der Waals surface area contributed by atoms with Crippen molar-refractivity contribution in [3.05, 3.63) is 0 Å². The molecular formula is C7H16IN. The molecule has 0 aromatic heterocycles. The fourth-order valence-electron chi connectivity index (χ4n) is 0.750. The molecule has 1 nitrogen and oxygen atoms in total. The molecule has 0 bridgehead atoms. The summed E-state index contributed by atoms with van der Waals surface area (Å²) in [5.74, 6) is 0. The van der Waals surface area contributed by atoms with Crippen LogP contribution in [-0.4, -0.2) is 18.0 Å². The average Bonchev–Trinajstić information content (AvgIpc) is 1.89. The first-order valence-electron chi connectivity index (χ1n) is 3.62. The van der Waals surface area contributed by atoms with E-state index in [2.05, 4.69) is 27.9 Å². The van der Waals surface area contributed by atoms with Crippen LogP contribution in [0.2, 0.25) is 0 Å². The Morgan fingerprint density at radius 1 is 1.11 bits per heavy atom. The lowest BCUT2D eigenvalue weighted by Gasteiger charge is -1.97. The van der Waals surface area contributed by atoms with Crippen LogP contribution in [0.3, 0.4) is 0 Å². The van der Waals surface area contributed by atoms with Crippen molar-refractivity contribution in [3.8, 4) is 0 Å². The van der Waals surface area contributed by atoms with Crippen LogP contribution >= 0.6 is 22.6 Å². The number of alkyl halides is 1. The van der Waals surface area contributed by atoms with E-state index in [1.807, 2.05) is 7.05 Å². The quantitative estimate of drug-likeness (QED) is 0.427. The largest absolute Gasteiger partial charge is 0.320 e. The second-order valence-corrected chi connectivity index (χ2v) is 3.29. The molecule has 0 aliphatic carbocycles. The van der Waals surface area contributed by atoms with Crippen LogP contribution in [0.15, 0.2) is 0 Å². The average molecular weight is 241 g/mol. The zero-order chi connectivity index (χ0) is 6.95. The normalized spacial score (nSPS) is 10.0. The van der Waals surface area contributed by atoms with E-state index in [1.165, 1.54) is 36.7 Å². The molecule has 0 rings (SSSR count). The van der Waals surface area contributed by atoms with Crippen molar-refractivity contribution in [2.75, 3.05) is 18.0 Å². The predicted octanol–water partition coefficient (Wildman–Crippen LogP) is 2.20. The van der Waals surface area contributed by atoms with Gasteiger partial charge in [-0.3, -0.25) is 0 Å². The second-order valence-electron chi connectivity index (χ2n) is 2.21. The smallest absolute Gasteiger partial charge is 0.000473 e. The van der Waals surface area contributed by atoms with E-state index in [4.69, 9.17) is 0 Å². The summed E-state index contributed by atoms with van der Waals surface area (Å²) < 4.78 is 1.32. The van der Waals surface area contributed by atoms with Crippen LogP contribution in [0.4, 0.5) is 0 Å². The van der Waals surface area contributed by atoms with Gasteiger partial charge in [-0.05, 0) is 30.9 Å². The molecular weight excluding hydrogens is 225 g/mol. The summed E-state index contributed by atoms with van der Waals surface area (Å²) in [4.78, 5) is 0. The Balaban J connectivity index is 2.60. The highest BCUT2D eigenvalue weighted by molar-refractivity contribution is 14.1. The SMILES string of the molecule is CNCCCCCCI. The molecule has 1 N–H and O–H groups in total. The van der Waals surface area contributed by atoms with Crippen molar-refractivity contribution in [3.63, 3.8) is 0 Å². The molecule has 0 heterocycles. The van der Waals surface area contributed by atoms with E-state index < -0.39 is 0 Å². The topological polar surface area (TPSA) is 12.0 Å². The van der Waals surface area contributed by atoms with Crippen LogP contribution in [-0.2, 0) is 0 Å². The van der Waals surface area contributed by atoms with Gasteiger partial charge in [-0.1, -0.05) is 35.4 Å². The fourth-order valence-corrected chi connectivity index (χ4v) is 1.29. The third-order valence-corrected chi connectivity index (χ3v) is 2.07. The Morgan fingerprint density at radius 2 is 1.78 bits per heavy atom. The third kappa shape index (κ3) is 8.69. The highest BCUT2D eigenvalue weighted by atomic mass is 127. The molecule has 0 radical (unpaired) electrons. The molecule has 0 unspecified atom stereocenters. The summed E-state index contributed by atoms with van der Waals surface area (Å²) in [7, 11) is 2.01. The van der Waals surface area contributed by atoms with Crippen molar-refractivity contribution < 1.29 is 0 Å². The molecule has 0 aromatic carbocycles. The molecule has 2 heteroatoms. The fraction of sp³-hybridized carbons (Fsp3) is 1.00. The number of unbranched alkanes of at least 4 members (excludes halogenated alkanes) is 3. The Bertz CT molecular complexity index is 42.2. The van der Waals surface area contributed by atoms with Gasteiger partial charge in [-0.25, -0.2) is 0 Å². The third-order valence-electron chi connectivity index (χ3n) is 1.31. The monoisotopic (exact) mass is 241 g/mol. The van der Waals surface area contributed by atoms with Crippen LogP contribution in [0.5, 0.6) is 0 Å². The zero-order valence-corrected chi connectivity index (χ0v) is 8.28. The first kappa shape index (κ1) is 9.69. The van der Waals surface area contributed by atoms with Crippen molar-refractivity contribution >= 4 is 22.6 Å². The highest BCUT2D eigenvalue weighted by Crippen LogP contribution is 2.00. The first-order chi connectivity index (χ1) is 4.41. The Labute approximate surface area is 71.7 Å². The molecule has 0 saturated heterocycles. The number of nitrogens with one attached hydrogen (secondary N) is 1. The van der Waals surface area contributed by atoms with Gasteiger partial charge >= 0.3 is 0 Å². The standard InChI is InChI=1S/C7H16IN/c1-9-7-5-3-2-4-6-8/h9H,2-7H2,1H3. The number of hydrogen-bond donors (Lipinski definition) is 1. The predicted molar refractivity (Wildman–Crippen MR) is 51.3 cm³/mol. The van der Waals surface area contributed by atoms with Crippen molar-refractivity contribution in [2.24, 2.45) is 0 Å². The van der Waals surface area contributed by atoms with Gasteiger partial charge in [0.05, 0.1) is 0 Å². The number of hydrogen-bond acceptors (Lipinski definition) is 1. The van der Waals surface area contributed by atoms with Crippen molar-refractivity contribution in [1.29, 1.82) is 0 Å². The van der Waals surface area contributed by atoms with Gasteiger partial charge in [0.1, 0.15) is 0 Å². The maximum absolute atomic E-state index is 3.14. The van der Waals surface area contributed by atoms with Gasteiger partial charge in [0.2, 0.25) is 0 Å². The van der Waals surface area contributed by atoms with Crippen molar-refractivity contribution in [1.82, 2.24) is 5.32 Å². The van der Waals surface area contributed by atoms with Gasteiger partial charge in [0, 0.05) is 0 Å². The van der Waals surface area contributed by atoms with Gasteiger partial charge < -0.3 is 5.32 Å². The van der Waals surface area contributed by atoms with E-state index in [-0.39, 0.29) is 0 Å². The second kappa shape index (κ2) is 8.69. The van der Waals surface area contributed by atoms with E-state index in [9.17, 15) is 0 Å². The summed E-state index contributed by atoms with van der Waals surface area (Å²) in [6.07, 6.45) is 5.53. The Kier molecular flexibility index (Phi) is 9.36. The molecule has 0 saturated carbocycles. The summed E-state index contributed by atoms with van der Waals surface area (Å²) in [5, 5.41) is 3.14. The lowest BCUT2D eigenvalue weighted by molar-refractivity contribution is 0.639. The molecule has 0 aliphatic heterocycles. The number of rotatable bonds is 6. The lowest BCUT2D eigenvalue weighted by Crippen LogP contribution is -2.06. The Hall–Kier alpha value is 0.690. The van der Waals surface area contributed by atoms with Crippen molar-refractivity contribution in [2.45, 2.75) is 25.7 Å². The minimum atomic E-state index is 1.18. The van der Waals surface area contributed by atoms with Crippen LogP contribution in [0, 0.1) is 0 Å². The summed E-state index contributed by atoms with van der Waals surface area (Å²) >= 11 is 2.43. The van der Waals surface area contributed by atoms with Gasteiger partial charge in [0.15, 0.2) is 0 Å². The molecule has 0 spiro atoms. The first-order valence-corrected chi connectivity index (χ1v) is 5.15. The minimum absolute atomic E-state index is 1.18. The van der Waals surface area contributed by atoms with Crippen LogP contribution in [0.1, 0.15) is 25.7 Å². The summed E-state index contributed by atoms with van der Waals surface area (Å²) in [6, 6.07) is 0. The summed E-state index contributed by atoms with van der Waals surface area (Å²) in [5.41, 5.74) is 0. The van der Waals surface area contributed by atoms with E-state index in [1.54, 1.807) is 0 Å². The molecule has 0 atom stereocenters. The maximum atomic E-state index is 3.14. The van der Waals surface area contributed by atoms with Crippen LogP contribution in [0.25, 0.3) is 0 Å². The molecule has 0 aliphatic rings. The molecule has 0 aromatic rings. The van der Waals surface area contributed by atoms with E-state index in [0.717, 1.165) is 0 Å². The highest BCUT2D eigenvalue weighted by Gasteiger charge is 1.85.